The Labute approximate surface area is 101 Å². The minimum absolute atomic E-state index is 0.693. The summed E-state index contributed by atoms with van der Waals surface area (Å²) >= 11 is 1.13. The van der Waals surface area contributed by atoms with Crippen LogP contribution in [0.3, 0.4) is 0 Å². The van der Waals surface area contributed by atoms with Gasteiger partial charge in [-0.15, -0.1) is 0 Å². The van der Waals surface area contributed by atoms with Crippen LogP contribution in [0, 0.1) is 0 Å². The number of hydrogen-bond donors (Lipinski definition) is 0. The van der Waals surface area contributed by atoms with Gasteiger partial charge in [0.1, 0.15) is 0 Å². The Morgan fingerprint density at radius 1 is 0.786 bits per heavy atom. The van der Waals surface area contributed by atoms with Crippen molar-refractivity contribution in [3.8, 4) is 0 Å². The van der Waals surface area contributed by atoms with Crippen molar-refractivity contribution < 1.29 is 14.2 Å². The van der Waals surface area contributed by atoms with Crippen molar-refractivity contribution in [3.05, 3.63) is 0 Å². The van der Waals surface area contributed by atoms with Crippen LogP contribution in [-0.2, 0) is 14.2 Å². The van der Waals surface area contributed by atoms with Crippen molar-refractivity contribution in [1.29, 1.82) is 0 Å². The Morgan fingerprint density at radius 2 is 1.07 bits per heavy atom. The van der Waals surface area contributed by atoms with Gasteiger partial charge in [0.25, 0.3) is 0 Å². The summed E-state index contributed by atoms with van der Waals surface area (Å²) in [5.74, 6) is 0. The molecular formula is C10H21O3Sn. The van der Waals surface area contributed by atoms with Crippen molar-refractivity contribution in [1.82, 2.24) is 0 Å². The van der Waals surface area contributed by atoms with Crippen molar-refractivity contribution in [2.24, 2.45) is 0 Å². The van der Waals surface area contributed by atoms with Gasteiger partial charge in [-0.3, -0.25) is 0 Å². The Bertz CT molecular complexity index is 109. The molecule has 0 heterocycles. The van der Waals surface area contributed by atoms with E-state index in [0.29, 0.717) is 19.8 Å². The molecule has 0 unspecified atom stereocenters. The molecule has 0 aliphatic carbocycles. The van der Waals surface area contributed by atoms with Gasteiger partial charge in [-0.25, -0.2) is 0 Å². The van der Waals surface area contributed by atoms with Crippen molar-refractivity contribution in [2.45, 2.75) is 44.0 Å². The first kappa shape index (κ1) is 14.7. The minimum atomic E-state index is -0.755. The van der Waals surface area contributed by atoms with Gasteiger partial charge in [-0.1, -0.05) is 0 Å². The molecule has 0 atom stereocenters. The second-order valence-corrected chi connectivity index (χ2v) is 4.85. The Hall–Kier alpha value is 0.679. The van der Waals surface area contributed by atoms with E-state index in [0.717, 1.165) is 41.8 Å². The van der Waals surface area contributed by atoms with E-state index >= 15 is 0 Å². The summed E-state index contributed by atoms with van der Waals surface area (Å²) in [6.07, 6.45) is 2.96. The van der Waals surface area contributed by atoms with Crippen LogP contribution >= 0.6 is 0 Å². The average molecular weight is 308 g/mol. The van der Waals surface area contributed by atoms with E-state index in [1.54, 1.807) is 0 Å². The molecule has 0 aliphatic heterocycles. The monoisotopic (exact) mass is 309 g/mol. The van der Waals surface area contributed by atoms with Crippen LogP contribution in [0.25, 0.3) is 0 Å². The van der Waals surface area contributed by atoms with E-state index in [-0.39, 0.29) is 0 Å². The van der Waals surface area contributed by atoms with E-state index in [1.807, 2.05) is 0 Å². The third-order valence-electron chi connectivity index (χ3n) is 1.49. The van der Waals surface area contributed by atoms with Crippen molar-refractivity contribution in [2.75, 3.05) is 19.8 Å². The number of ether oxygens (including phenoxy) is 3. The average Bonchev–Trinajstić information content (AvgIpc) is 2.21. The van der Waals surface area contributed by atoms with Crippen LogP contribution in [0.4, 0.5) is 0 Å². The third-order valence-corrected chi connectivity index (χ3v) is 2.72. The van der Waals surface area contributed by atoms with E-state index < -0.39 is 3.99 Å². The van der Waals surface area contributed by atoms with Gasteiger partial charge in [0.15, 0.2) is 0 Å². The van der Waals surface area contributed by atoms with Gasteiger partial charge in [0.05, 0.1) is 0 Å². The fraction of sp³-hybridized carbons (Fsp3) is 1.00. The summed E-state index contributed by atoms with van der Waals surface area (Å²) in [5, 5.41) is 0. The molecule has 0 aromatic rings. The molecule has 0 spiro atoms. The van der Waals surface area contributed by atoms with Gasteiger partial charge >= 0.3 is 101 Å². The first-order valence-electron chi connectivity index (χ1n) is 5.35. The summed E-state index contributed by atoms with van der Waals surface area (Å²) in [7, 11) is 0. The zero-order chi connectivity index (χ0) is 10.9. The molecular weight excluding hydrogens is 287 g/mol. The molecule has 83 valence electrons. The van der Waals surface area contributed by atoms with Gasteiger partial charge in [-0.05, 0) is 0 Å². The van der Waals surface area contributed by atoms with Crippen LogP contribution in [-0.4, -0.2) is 46.3 Å². The van der Waals surface area contributed by atoms with Crippen molar-refractivity contribution in [3.63, 3.8) is 0 Å². The number of rotatable bonds is 9. The fourth-order valence-electron chi connectivity index (χ4n) is 0.834. The van der Waals surface area contributed by atoms with Crippen LogP contribution in [0.5, 0.6) is 0 Å². The molecule has 0 fully saturated rings. The van der Waals surface area contributed by atoms with Gasteiger partial charge in [0.2, 0.25) is 0 Å². The molecule has 0 amide bonds. The molecule has 0 aromatic carbocycles. The molecule has 4 heteroatoms. The maximum atomic E-state index is 5.58. The van der Waals surface area contributed by atoms with Crippen LogP contribution < -0.4 is 0 Å². The molecule has 0 N–H and O–H groups in total. The molecule has 0 bridgehead atoms. The van der Waals surface area contributed by atoms with E-state index in [2.05, 4.69) is 20.8 Å². The molecule has 0 saturated heterocycles. The molecule has 3 nitrogen and oxygen atoms in total. The van der Waals surface area contributed by atoms with Gasteiger partial charge in [0, 0.05) is 0 Å². The first-order chi connectivity index (χ1) is 6.68. The summed E-state index contributed by atoms with van der Waals surface area (Å²) in [6, 6.07) is 0. The van der Waals surface area contributed by atoms with Gasteiger partial charge in [-0.2, -0.15) is 0 Å². The maximum absolute atomic E-state index is 5.58. The Balaban J connectivity index is 3.89. The molecule has 0 saturated carbocycles. The SMILES string of the molecule is CCCO[C]([Sn])(OCCC)OCCC. The molecule has 14 heavy (non-hydrogen) atoms. The number of hydrogen-bond acceptors (Lipinski definition) is 3. The van der Waals surface area contributed by atoms with E-state index in [9.17, 15) is 0 Å². The summed E-state index contributed by atoms with van der Waals surface area (Å²) in [6.45, 7) is 8.32. The van der Waals surface area contributed by atoms with E-state index in [1.165, 1.54) is 0 Å². The summed E-state index contributed by atoms with van der Waals surface area (Å²) < 4.78 is 16.0. The third kappa shape index (κ3) is 7.03. The first-order valence-corrected chi connectivity index (χ1v) is 6.78. The predicted octanol–water partition coefficient (Wildman–Crippen LogP) is 2.05. The Kier molecular flexibility index (Phi) is 9.38. The standard InChI is InChI=1S/C10H21O3.Sn/c1-4-7-11-10(12-8-5-2)13-9-6-3;/h4-9H2,1-3H3;. The molecule has 0 aromatic heterocycles. The Morgan fingerprint density at radius 3 is 1.29 bits per heavy atom. The zero-order valence-electron chi connectivity index (χ0n) is 9.47. The second kappa shape index (κ2) is 8.94. The van der Waals surface area contributed by atoms with Crippen molar-refractivity contribution >= 4 is 22.5 Å². The van der Waals surface area contributed by atoms with Crippen LogP contribution in [0.15, 0.2) is 0 Å². The van der Waals surface area contributed by atoms with Crippen LogP contribution in [0.2, 0.25) is 0 Å². The van der Waals surface area contributed by atoms with Crippen LogP contribution in [0.1, 0.15) is 40.0 Å². The van der Waals surface area contributed by atoms with E-state index in [4.69, 9.17) is 14.2 Å². The fourth-order valence-corrected chi connectivity index (χ4v) is 1.71. The summed E-state index contributed by atoms with van der Waals surface area (Å²) in [4.78, 5) is 0. The predicted molar refractivity (Wildman–Crippen MR) is 57.2 cm³/mol. The normalized spacial score (nSPS) is 12.0. The molecule has 3 radical (unpaired) electrons. The zero-order valence-corrected chi connectivity index (χ0v) is 12.3. The molecule has 0 aliphatic rings. The molecule has 0 rings (SSSR count). The second-order valence-electron chi connectivity index (χ2n) is 3.10. The quantitative estimate of drug-likeness (QED) is 0.482. The van der Waals surface area contributed by atoms with Gasteiger partial charge < -0.3 is 0 Å². The summed E-state index contributed by atoms with van der Waals surface area (Å²) in [5.41, 5.74) is 0. The topological polar surface area (TPSA) is 27.7 Å².